The van der Waals surface area contributed by atoms with Gasteiger partial charge >= 0.3 is 0 Å². The van der Waals surface area contributed by atoms with Gasteiger partial charge in [0, 0.05) is 25.6 Å². The van der Waals surface area contributed by atoms with E-state index in [2.05, 4.69) is 11.4 Å². The highest BCUT2D eigenvalue weighted by Gasteiger charge is 2.36. The van der Waals surface area contributed by atoms with Crippen LogP contribution in [0.3, 0.4) is 0 Å². The van der Waals surface area contributed by atoms with Crippen molar-refractivity contribution in [1.29, 1.82) is 5.26 Å². The number of carbonyl (C=O) groups is 2. The molecule has 2 aliphatic rings. The Balaban J connectivity index is 1.91. The van der Waals surface area contributed by atoms with Gasteiger partial charge in [-0.1, -0.05) is 0 Å². The Bertz CT molecular complexity index is 347. The van der Waals surface area contributed by atoms with E-state index >= 15 is 0 Å². The first-order valence-corrected chi connectivity index (χ1v) is 6.16. The fourth-order valence-electron chi connectivity index (χ4n) is 2.21. The molecule has 0 bridgehead atoms. The van der Waals surface area contributed by atoms with Gasteiger partial charge in [-0.05, 0) is 19.3 Å². The Morgan fingerprint density at radius 3 is 2.76 bits per heavy atom. The molecular weight excluding hydrogens is 218 g/mol. The SMILES string of the molecule is N#CCCN(C(=O)C1CCC(=O)NC1)C1CC1. The summed E-state index contributed by atoms with van der Waals surface area (Å²) in [6.07, 6.45) is 3.57. The smallest absolute Gasteiger partial charge is 0.227 e. The molecular formula is C12H17N3O2. The van der Waals surface area contributed by atoms with Crippen molar-refractivity contribution in [2.45, 2.75) is 38.1 Å². The van der Waals surface area contributed by atoms with Crippen LogP contribution in [0.2, 0.25) is 0 Å². The predicted molar refractivity (Wildman–Crippen MR) is 60.7 cm³/mol. The quantitative estimate of drug-likeness (QED) is 0.767. The molecule has 0 aromatic carbocycles. The van der Waals surface area contributed by atoms with E-state index in [4.69, 9.17) is 5.26 Å². The molecule has 17 heavy (non-hydrogen) atoms. The van der Waals surface area contributed by atoms with Crippen LogP contribution in [0.5, 0.6) is 0 Å². The monoisotopic (exact) mass is 235 g/mol. The van der Waals surface area contributed by atoms with Crippen molar-refractivity contribution in [2.75, 3.05) is 13.1 Å². The molecule has 2 rings (SSSR count). The van der Waals surface area contributed by atoms with Gasteiger partial charge in [-0.25, -0.2) is 0 Å². The van der Waals surface area contributed by atoms with E-state index < -0.39 is 0 Å². The van der Waals surface area contributed by atoms with Crippen LogP contribution in [0.1, 0.15) is 32.1 Å². The van der Waals surface area contributed by atoms with Gasteiger partial charge in [-0.2, -0.15) is 5.26 Å². The zero-order chi connectivity index (χ0) is 12.3. The highest BCUT2D eigenvalue weighted by atomic mass is 16.2. The van der Waals surface area contributed by atoms with Crippen molar-refractivity contribution in [3.05, 3.63) is 0 Å². The van der Waals surface area contributed by atoms with Gasteiger partial charge in [0.15, 0.2) is 0 Å². The molecule has 1 N–H and O–H groups in total. The second kappa shape index (κ2) is 5.17. The van der Waals surface area contributed by atoms with E-state index in [9.17, 15) is 9.59 Å². The number of nitrogens with zero attached hydrogens (tertiary/aromatic N) is 2. The van der Waals surface area contributed by atoms with Crippen LogP contribution < -0.4 is 5.32 Å². The maximum atomic E-state index is 12.3. The third-order valence-corrected chi connectivity index (χ3v) is 3.35. The first-order valence-electron chi connectivity index (χ1n) is 6.16. The van der Waals surface area contributed by atoms with Gasteiger partial charge in [0.05, 0.1) is 18.4 Å². The molecule has 0 aromatic heterocycles. The minimum Gasteiger partial charge on any atom is -0.355 e. The fraction of sp³-hybridized carbons (Fsp3) is 0.750. The van der Waals surface area contributed by atoms with Crippen molar-refractivity contribution in [3.8, 4) is 6.07 Å². The van der Waals surface area contributed by atoms with Crippen LogP contribution in [0.25, 0.3) is 0 Å². The Morgan fingerprint density at radius 2 is 2.24 bits per heavy atom. The summed E-state index contributed by atoms with van der Waals surface area (Å²) in [4.78, 5) is 25.1. The first-order chi connectivity index (χ1) is 8.22. The van der Waals surface area contributed by atoms with Crippen LogP contribution >= 0.6 is 0 Å². The second-order valence-electron chi connectivity index (χ2n) is 4.71. The molecule has 2 amide bonds. The molecule has 1 saturated carbocycles. The molecule has 1 atom stereocenters. The minimum atomic E-state index is -0.0907. The maximum Gasteiger partial charge on any atom is 0.227 e. The van der Waals surface area contributed by atoms with Gasteiger partial charge in [-0.3, -0.25) is 9.59 Å². The number of hydrogen-bond acceptors (Lipinski definition) is 3. The van der Waals surface area contributed by atoms with E-state index in [0.717, 1.165) is 12.8 Å². The highest BCUT2D eigenvalue weighted by molar-refractivity contribution is 5.84. The summed E-state index contributed by atoms with van der Waals surface area (Å²) in [6, 6.07) is 2.42. The molecule has 5 nitrogen and oxygen atoms in total. The average Bonchev–Trinajstić information content (AvgIpc) is 3.14. The number of amides is 2. The first kappa shape index (κ1) is 11.9. The Morgan fingerprint density at radius 1 is 1.47 bits per heavy atom. The lowest BCUT2D eigenvalue weighted by Crippen LogP contribution is -2.45. The largest absolute Gasteiger partial charge is 0.355 e. The molecule has 1 unspecified atom stereocenters. The zero-order valence-corrected chi connectivity index (χ0v) is 9.82. The molecule has 92 valence electrons. The zero-order valence-electron chi connectivity index (χ0n) is 9.82. The Hall–Kier alpha value is -1.57. The molecule has 0 spiro atoms. The van der Waals surface area contributed by atoms with Crippen molar-refractivity contribution in [1.82, 2.24) is 10.2 Å². The molecule has 0 radical (unpaired) electrons. The van der Waals surface area contributed by atoms with Crippen molar-refractivity contribution in [3.63, 3.8) is 0 Å². The van der Waals surface area contributed by atoms with Crippen molar-refractivity contribution < 1.29 is 9.59 Å². The lowest BCUT2D eigenvalue weighted by Gasteiger charge is -2.29. The molecule has 1 heterocycles. The van der Waals surface area contributed by atoms with E-state index in [1.807, 2.05) is 4.90 Å². The summed E-state index contributed by atoms with van der Waals surface area (Å²) in [6.45, 7) is 0.984. The van der Waals surface area contributed by atoms with Crippen LogP contribution in [0.15, 0.2) is 0 Å². The van der Waals surface area contributed by atoms with Crippen LogP contribution in [-0.4, -0.2) is 35.8 Å². The summed E-state index contributed by atoms with van der Waals surface area (Å²) >= 11 is 0. The van der Waals surface area contributed by atoms with Crippen molar-refractivity contribution in [2.24, 2.45) is 5.92 Å². The molecule has 1 saturated heterocycles. The highest BCUT2D eigenvalue weighted by Crippen LogP contribution is 2.29. The number of nitriles is 1. The lowest BCUT2D eigenvalue weighted by molar-refractivity contribution is -0.138. The number of carbonyl (C=O) groups excluding carboxylic acids is 2. The van der Waals surface area contributed by atoms with E-state index in [-0.39, 0.29) is 17.7 Å². The van der Waals surface area contributed by atoms with Gasteiger partial charge in [-0.15, -0.1) is 0 Å². The normalized spacial score (nSPS) is 23.7. The lowest BCUT2D eigenvalue weighted by atomic mass is 9.97. The number of hydrogen-bond donors (Lipinski definition) is 1. The number of piperidine rings is 1. The third-order valence-electron chi connectivity index (χ3n) is 3.35. The number of nitrogens with one attached hydrogen (secondary N) is 1. The molecule has 5 heteroatoms. The van der Waals surface area contributed by atoms with E-state index in [0.29, 0.717) is 38.4 Å². The third kappa shape index (κ3) is 2.96. The maximum absolute atomic E-state index is 12.3. The summed E-state index contributed by atoms with van der Waals surface area (Å²) < 4.78 is 0. The van der Waals surface area contributed by atoms with Gasteiger partial charge < -0.3 is 10.2 Å². The van der Waals surface area contributed by atoms with Crippen LogP contribution in [-0.2, 0) is 9.59 Å². The number of rotatable bonds is 4. The van der Waals surface area contributed by atoms with Gasteiger partial charge in [0.1, 0.15) is 0 Å². The fourth-order valence-corrected chi connectivity index (χ4v) is 2.21. The summed E-state index contributed by atoms with van der Waals surface area (Å²) in [5.41, 5.74) is 0. The van der Waals surface area contributed by atoms with E-state index in [1.54, 1.807) is 0 Å². The summed E-state index contributed by atoms with van der Waals surface area (Å²) in [5.74, 6) is 0.0544. The molecule has 1 aliphatic heterocycles. The Kier molecular flexibility index (Phi) is 3.62. The minimum absolute atomic E-state index is 0.0315. The standard InChI is InChI=1S/C12H17N3O2/c13-6-1-7-15(10-3-4-10)12(17)9-2-5-11(16)14-8-9/h9-10H,1-5,7-8H2,(H,14,16). The van der Waals surface area contributed by atoms with Gasteiger partial charge in [0.2, 0.25) is 11.8 Å². The topological polar surface area (TPSA) is 73.2 Å². The molecule has 1 aliphatic carbocycles. The second-order valence-corrected chi connectivity index (χ2v) is 4.71. The summed E-state index contributed by atoms with van der Waals surface area (Å²) in [5, 5.41) is 11.3. The van der Waals surface area contributed by atoms with Gasteiger partial charge in [0.25, 0.3) is 0 Å². The summed E-state index contributed by atoms with van der Waals surface area (Å²) in [7, 11) is 0. The van der Waals surface area contributed by atoms with Crippen molar-refractivity contribution >= 4 is 11.8 Å². The van der Waals surface area contributed by atoms with Crippen LogP contribution in [0, 0.1) is 17.2 Å². The van der Waals surface area contributed by atoms with E-state index in [1.165, 1.54) is 0 Å². The molecule has 2 fully saturated rings. The average molecular weight is 235 g/mol. The predicted octanol–water partition coefficient (Wildman–Crippen LogP) is 0.417. The molecule has 0 aromatic rings. The van der Waals surface area contributed by atoms with Crippen LogP contribution in [0.4, 0.5) is 0 Å². The Labute approximate surface area is 101 Å².